The smallest absolute Gasteiger partial charge is 0.134 e. The first-order chi connectivity index (χ1) is 7.58. The van der Waals surface area contributed by atoms with E-state index in [2.05, 4.69) is 15.9 Å². The van der Waals surface area contributed by atoms with Crippen molar-refractivity contribution in [3.63, 3.8) is 0 Å². The molecule has 0 atom stereocenters. The Hall–Kier alpha value is -1.06. The second-order valence-corrected chi connectivity index (χ2v) is 4.61. The van der Waals surface area contributed by atoms with Crippen molar-refractivity contribution < 1.29 is 9.50 Å². The van der Waals surface area contributed by atoms with Crippen LogP contribution in [-0.4, -0.2) is 5.11 Å². The van der Waals surface area contributed by atoms with Crippen molar-refractivity contribution in [2.24, 2.45) is 0 Å². The summed E-state index contributed by atoms with van der Waals surface area (Å²) >= 11 is 8.96. The highest BCUT2D eigenvalue weighted by molar-refractivity contribution is 9.10. The van der Waals surface area contributed by atoms with E-state index in [1.165, 1.54) is 18.2 Å². The van der Waals surface area contributed by atoms with Crippen molar-refractivity contribution in [2.75, 3.05) is 0 Å². The van der Waals surface area contributed by atoms with Crippen LogP contribution >= 0.6 is 27.5 Å². The molecule has 0 unspecified atom stereocenters. The molecule has 0 heterocycles. The molecule has 0 saturated heterocycles. The topological polar surface area (TPSA) is 20.2 Å². The number of phenols is 1. The van der Waals surface area contributed by atoms with E-state index in [0.717, 1.165) is 4.47 Å². The predicted octanol–water partition coefficient (Wildman–Crippen LogP) is 4.61. The number of aromatic hydroxyl groups is 1. The highest BCUT2D eigenvalue weighted by Crippen LogP contribution is 2.32. The molecule has 0 amide bonds. The first-order valence-corrected chi connectivity index (χ1v) is 5.69. The van der Waals surface area contributed by atoms with Crippen molar-refractivity contribution in [1.29, 1.82) is 0 Å². The number of benzene rings is 2. The van der Waals surface area contributed by atoms with Crippen molar-refractivity contribution in [3.8, 4) is 16.9 Å². The molecule has 1 nitrogen and oxygen atoms in total. The van der Waals surface area contributed by atoms with E-state index in [9.17, 15) is 9.50 Å². The van der Waals surface area contributed by atoms with Gasteiger partial charge in [-0.05, 0) is 35.9 Å². The summed E-state index contributed by atoms with van der Waals surface area (Å²) in [5, 5.41) is 9.70. The molecule has 16 heavy (non-hydrogen) atoms. The molecule has 2 aromatic rings. The zero-order valence-electron chi connectivity index (χ0n) is 8.05. The minimum absolute atomic E-state index is 0.0569. The van der Waals surface area contributed by atoms with Gasteiger partial charge in [-0.2, -0.15) is 0 Å². The molecular formula is C12H7BrClFO. The standard InChI is InChI=1S/C12H7BrClFO/c13-8-2-4-11(15)9(6-8)7-1-3-10(14)12(16)5-7/h1-6,16H. The quantitative estimate of drug-likeness (QED) is 0.815. The molecule has 0 spiro atoms. The third-order valence-corrected chi connectivity index (χ3v) is 3.00. The fourth-order valence-corrected chi connectivity index (χ4v) is 1.88. The van der Waals surface area contributed by atoms with Crippen LogP contribution in [0, 0.1) is 5.82 Å². The molecule has 0 aliphatic heterocycles. The van der Waals surface area contributed by atoms with E-state index in [1.54, 1.807) is 18.2 Å². The SMILES string of the molecule is Oc1cc(-c2cc(Br)ccc2F)ccc1Cl. The van der Waals surface area contributed by atoms with Gasteiger partial charge in [-0.1, -0.05) is 33.6 Å². The lowest BCUT2D eigenvalue weighted by Gasteiger charge is -2.05. The Kier molecular flexibility index (Phi) is 3.17. The number of phenolic OH excluding ortho intramolecular Hbond substituents is 1. The first-order valence-electron chi connectivity index (χ1n) is 4.52. The van der Waals surface area contributed by atoms with Gasteiger partial charge in [-0.3, -0.25) is 0 Å². The summed E-state index contributed by atoms with van der Waals surface area (Å²) in [5.41, 5.74) is 1.00. The van der Waals surface area contributed by atoms with Gasteiger partial charge in [0.15, 0.2) is 0 Å². The van der Waals surface area contributed by atoms with Gasteiger partial charge in [0.25, 0.3) is 0 Å². The summed E-state index contributed by atoms with van der Waals surface area (Å²) in [4.78, 5) is 0. The van der Waals surface area contributed by atoms with Crippen molar-refractivity contribution in [1.82, 2.24) is 0 Å². The lowest BCUT2D eigenvalue weighted by molar-refractivity contribution is 0.476. The van der Waals surface area contributed by atoms with E-state index in [0.29, 0.717) is 11.1 Å². The van der Waals surface area contributed by atoms with Crippen molar-refractivity contribution >= 4 is 27.5 Å². The van der Waals surface area contributed by atoms with Crippen LogP contribution in [0.2, 0.25) is 5.02 Å². The minimum atomic E-state index is -0.343. The molecule has 0 fully saturated rings. The summed E-state index contributed by atoms with van der Waals surface area (Å²) in [7, 11) is 0. The average Bonchev–Trinajstić information content (AvgIpc) is 2.26. The zero-order valence-corrected chi connectivity index (χ0v) is 10.4. The maximum absolute atomic E-state index is 13.6. The second kappa shape index (κ2) is 4.44. The molecule has 1 N–H and O–H groups in total. The van der Waals surface area contributed by atoms with Crippen molar-refractivity contribution in [3.05, 3.63) is 51.7 Å². The first kappa shape index (κ1) is 11.4. The van der Waals surface area contributed by atoms with Crippen LogP contribution in [0.1, 0.15) is 0 Å². The van der Waals surface area contributed by atoms with E-state index in [-0.39, 0.29) is 16.6 Å². The third kappa shape index (κ3) is 2.20. The van der Waals surface area contributed by atoms with Crippen LogP contribution < -0.4 is 0 Å². The lowest BCUT2D eigenvalue weighted by atomic mass is 10.1. The lowest BCUT2D eigenvalue weighted by Crippen LogP contribution is -1.84. The van der Waals surface area contributed by atoms with Crippen LogP contribution in [-0.2, 0) is 0 Å². The van der Waals surface area contributed by atoms with E-state index < -0.39 is 0 Å². The fraction of sp³-hybridized carbons (Fsp3) is 0. The number of rotatable bonds is 1. The highest BCUT2D eigenvalue weighted by Gasteiger charge is 2.07. The van der Waals surface area contributed by atoms with Crippen LogP contribution in [0.25, 0.3) is 11.1 Å². The van der Waals surface area contributed by atoms with E-state index >= 15 is 0 Å². The Morgan fingerprint density at radius 2 is 1.88 bits per heavy atom. The largest absolute Gasteiger partial charge is 0.506 e. The monoisotopic (exact) mass is 300 g/mol. The Labute approximate surface area is 106 Å². The van der Waals surface area contributed by atoms with Gasteiger partial charge in [0.1, 0.15) is 11.6 Å². The third-order valence-electron chi connectivity index (χ3n) is 2.19. The molecule has 82 valence electrons. The summed E-state index contributed by atoms with van der Waals surface area (Å²) in [6, 6.07) is 9.27. The molecule has 0 aromatic heterocycles. The number of hydrogen-bond donors (Lipinski definition) is 1. The van der Waals surface area contributed by atoms with Crippen LogP contribution in [0.3, 0.4) is 0 Å². The Morgan fingerprint density at radius 1 is 1.12 bits per heavy atom. The maximum Gasteiger partial charge on any atom is 0.134 e. The van der Waals surface area contributed by atoms with E-state index in [1.807, 2.05) is 0 Å². The van der Waals surface area contributed by atoms with Gasteiger partial charge in [0.05, 0.1) is 5.02 Å². The summed E-state index contributed by atoms with van der Waals surface area (Å²) in [6.07, 6.45) is 0. The maximum atomic E-state index is 13.6. The minimum Gasteiger partial charge on any atom is -0.506 e. The molecule has 0 bridgehead atoms. The molecule has 2 aromatic carbocycles. The molecule has 4 heteroatoms. The highest BCUT2D eigenvalue weighted by atomic mass is 79.9. The normalized spacial score (nSPS) is 10.4. The Bertz CT molecular complexity index is 543. The summed E-state index contributed by atoms with van der Waals surface area (Å²) in [6.45, 7) is 0. The molecule has 0 aliphatic carbocycles. The predicted molar refractivity (Wildman–Crippen MR) is 66.2 cm³/mol. The van der Waals surface area contributed by atoms with Crippen LogP contribution in [0.5, 0.6) is 5.75 Å². The van der Waals surface area contributed by atoms with Gasteiger partial charge < -0.3 is 5.11 Å². The average molecular weight is 302 g/mol. The van der Waals surface area contributed by atoms with Gasteiger partial charge in [0, 0.05) is 10.0 Å². The Balaban J connectivity index is 2.58. The Morgan fingerprint density at radius 3 is 2.56 bits per heavy atom. The fourth-order valence-electron chi connectivity index (χ4n) is 1.40. The van der Waals surface area contributed by atoms with Gasteiger partial charge in [-0.25, -0.2) is 4.39 Å². The van der Waals surface area contributed by atoms with Gasteiger partial charge in [-0.15, -0.1) is 0 Å². The van der Waals surface area contributed by atoms with E-state index in [4.69, 9.17) is 11.6 Å². The molecule has 0 radical (unpaired) electrons. The number of hydrogen-bond acceptors (Lipinski definition) is 1. The van der Waals surface area contributed by atoms with Gasteiger partial charge >= 0.3 is 0 Å². The second-order valence-electron chi connectivity index (χ2n) is 3.29. The molecular weight excluding hydrogens is 294 g/mol. The van der Waals surface area contributed by atoms with Gasteiger partial charge in [0.2, 0.25) is 0 Å². The zero-order chi connectivity index (χ0) is 11.7. The summed E-state index contributed by atoms with van der Waals surface area (Å²) < 4.78 is 14.3. The molecule has 2 rings (SSSR count). The van der Waals surface area contributed by atoms with Crippen molar-refractivity contribution in [2.45, 2.75) is 0 Å². The van der Waals surface area contributed by atoms with Crippen LogP contribution in [0.4, 0.5) is 4.39 Å². The van der Waals surface area contributed by atoms with Crippen LogP contribution in [0.15, 0.2) is 40.9 Å². The number of halogens is 3. The molecule has 0 saturated carbocycles. The molecule has 0 aliphatic rings. The summed E-state index contributed by atoms with van der Waals surface area (Å²) in [5.74, 6) is -0.400.